The minimum absolute atomic E-state index is 0.719. The van der Waals surface area contributed by atoms with Crippen molar-refractivity contribution in [1.29, 1.82) is 0 Å². The Morgan fingerprint density at radius 3 is 2.86 bits per heavy atom. The van der Waals surface area contributed by atoms with Crippen LogP contribution in [0.15, 0.2) is 24.3 Å². The Morgan fingerprint density at radius 1 is 1.43 bits per heavy atom. The number of rotatable bonds is 3. The van der Waals surface area contributed by atoms with Gasteiger partial charge in [0.15, 0.2) is 0 Å². The molecule has 2 heteroatoms. The summed E-state index contributed by atoms with van der Waals surface area (Å²) in [5, 5.41) is 3.56. The molecule has 2 unspecified atom stereocenters. The molecule has 1 saturated carbocycles. The number of hydrogen-bond acceptors (Lipinski definition) is 2. The van der Waals surface area contributed by atoms with Crippen molar-refractivity contribution in [2.75, 3.05) is 5.73 Å². The molecule has 0 bridgehead atoms. The number of nitrogen functional groups attached to an aromatic ring is 1. The molecule has 0 aromatic heterocycles. The molecule has 0 radical (unpaired) electrons. The zero-order chi connectivity index (χ0) is 9.97. The first-order chi connectivity index (χ1) is 6.75. The fourth-order valence-electron chi connectivity index (χ4n) is 1.92. The maximum Gasteiger partial charge on any atom is 0.0317 e. The van der Waals surface area contributed by atoms with Gasteiger partial charge in [0.25, 0.3) is 0 Å². The van der Waals surface area contributed by atoms with Crippen molar-refractivity contribution < 1.29 is 0 Å². The van der Waals surface area contributed by atoms with Gasteiger partial charge in [0, 0.05) is 18.3 Å². The Labute approximate surface area is 85.5 Å². The summed E-state index contributed by atoms with van der Waals surface area (Å²) < 4.78 is 0. The Morgan fingerprint density at radius 2 is 2.29 bits per heavy atom. The van der Waals surface area contributed by atoms with Crippen LogP contribution in [-0.4, -0.2) is 6.04 Å². The van der Waals surface area contributed by atoms with Crippen LogP contribution in [0, 0.1) is 5.92 Å². The van der Waals surface area contributed by atoms with E-state index in [9.17, 15) is 0 Å². The van der Waals surface area contributed by atoms with Crippen molar-refractivity contribution in [3.63, 3.8) is 0 Å². The zero-order valence-corrected chi connectivity index (χ0v) is 8.66. The van der Waals surface area contributed by atoms with Crippen molar-refractivity contribution in [2.24, 2.45) is 5.92 Å². The number of nitrogens with one attached hydrogen (secondary N) is 1. The molecule has 1 aliphatic carbocycles. The first-order valence-corrected chi connectivity index (χ1v) is 5.33. The molecule has 0 saturated heterocycles. The van der Waals surface area contributed by atoms with Gasteiger partial charge in [-0.1, -0.05) is 19.1 Å². The van der Waals surface area contributed by atoms with E-state index < -0.39 is 0 Å². The SMILES string of the molecule is CC1CCC1NCc1cccc(N)c1. The second-order valence-electron chi connectivity index (χ2n) is 4.29. The van der Waals surface area contributed by atoms with E-state index in [0.29, 0.717) is 0 Å². The second-order valence-corrected chi connectivity index (χ2v) is 4.29. The van der Waals surface area contributed by atoms with Crippen LogP contribution in [0.4, 0.5) is 5.69 Å². The molecular weight excluding hydrogens is 172 g/mol. The first-order valence-electron chi connectivity index (χ1n) is 5.33. The molecule has 76 valence electrons. The molecule has 0 heterocycles. The largest absolute Gasteiger partial charge is 0.399 e. The van der Waals surface area contributed by atoms with Crippen LogP contribution in [0.1, 0.15) is 25.3 Å². The molecule has 1 aromatic rings. The van der Waals surface area contributed by atoms with E-state index in [2.05, 4.69) is 18.3 Å². The Balaban J connectivity index is 1.85. The monoisotopic (exact) mass is 190 g/mol. The van der Waals surface area contributed by atoms with Gasteiger partial charge in [-0.15, -0.1) is 0 Å². The van der Waals surface area contributed by atoms with Gasteiger partial charge >= 0.3 is 0 Å². The van der Waals surface area contributed by atoms with E-state index in [1.165, 1.54) is 18.4 Å². The highest BCUT2D eigenvalue weighted by Crippen LogP contribution is 2.26. The molecule has 0 amide bonds. The molecule has 0 spiro atoms. The molecule has 1 aromatic carbocycles. The minimum Gasteiger partial charge on any atom is -0.399 e. The van der Waals surface area contributed by atoms with Crippen LogP contribution in [0.5, 0.6) is 0 Å². The highest BCUT2D eigenvalue weighted by atomic mass is 14.9. The van der Waals surface area contributed by atoms with Crippen LogP contribution >= 0.6 is 0 Å². The first kappa shape index (κ1) is 9.53. The van der Waals surface area contributed by atoms with E-state index in [1.807, 2.05) is 18.2 Å². The Bertz CT molecular complexity index is 309. The molecule has 3 N–H and O–H groups in total. The fourth-order valence-corrected chi connectivity index (χ4v) is 1.92. The molecule has 1 aliphatic rings. The third kappa shape index (κ3) is 2.07. The fraction of sp³-hybridized carbons (Fsp3) is 0.500. The quantitative estimate of drug-likeness (QED) is 0.717. The summed E-state index contributed by atoms with van der Waals surface area (Å²) in [5.74, 6) is 0.844. The van der Waals surface area contributed by atoms with E-state index in [4.69, 9.17) is 5.73 Å². The third-order valence-corrected chi connectivity index (χ3v) is 3.14. The highest BCUT2D eigenvalue weighted by molar-refractivity contribution is 5.40. The Kier molecular flexibility index (Phi) is 2.73. The van der Waals surface area contributed by atoms with Crippen molar-refractivity contribution in [2.45, 2.75) is 32.4 Å². The summed E-state index contributed by atoms with van der Waals surface area (Å²) >= 11 is 0. The second kappa shape index (κ2) is 4.01. The van der Waals surface area contributed by atoms with E-state index in [0.717, 1.165) is 24.2 Å². The maximum absolute atomic E-state index is 5.71. The average Bonchev–Trinajstić information content (AvgIpc) is 2.16. The summed E-state index contributed by atoms with van der Waals surface area (Å²) in [6.45, 7) is 3.25. The molecular formula is C12H18N2. The topological polar surface area (TPSA) is 38.0 Å². The van der Waals surface area contributed by atoms with Gasteiger partial charge < -0.3 is 11.1 Å². The normalized spacial score (nSPS) is 25.8. The molecule has 1 fully saturated rings. The summed E-state index contributed by atoms with van der Waals surface area (Å²) in [5.41, 5.74) is 7.85. The predicted octanol–water partition coefficient (Wildman–Crippen LogP) is 2.16. The maximum atomic E-state index is 5.71. The van der Waals surface area contributed by atoms with Gasteiger partial charge in [0.1, 0.15) is 0 Å². The van der Waals surface area contributed by atoms with Gasteiger partial charge in [-0.25, -0.2) is 0 Å². The Hall–Kier alpha value is -1.02. The van der Waals surface area contributed by atoms with Gasteiger partial charge in [0.05, 0.1) is 0 Å². The summed E-state index contributed by atoms with van der Waals surface area (Å²) in [7, 11) is 0. The number of hydrogen-bond donors (Lipinski definition) is 2. The summed E-state index contributed by atoms with van der Waals surface area (Å²) in [4.78, 5) is 0. The molecule has 0 aliphatic heterocycles. The van der Waals surface area contributed by atoms with Crippen LogP contribution in [0.3, 0.4) is 0 Å². The third-order valence-electron chi connectivity index (χ3n) is 3.14. The summed E-state index contributed by atoms with van der Waals surface area (Å²) in [6, 6.07) is 8.81. The van der Waals surface area contributed by atoms with Gasteiger partial charge in [0.2, 0.25) is 0 Å². The van der Waals surface area contributed by atoms with Crippen LogP contribution < -0.4 is 11.1 Å². The van der Waals surface area contributed by atoms with E-state index in [1.54, 1.807) is 0 Å². The number of nitrogens with two attached hydrogens (primary N) is 1. The van der Waals surface area contributed by atoms with Gasteiger partial charge in [-0.3, -0.25) is 0 Å². The molecule has 2 nitrogen and oxygen atoms in total. The molecule has 2 atom stereocenters. The lowest BCUT2D eigenvalue weighted by molar-refractivity contribution is 0.228. The number of anilines is 1. The zero-order valence-electron chi connectivity index (χ0n) is 8.66. The number of benzene rings is 1. The molecule has 14 heavy (non-hydrogen) atoms. The lowest BCUT2D eigenvalue weighted by atomic mass is 9.81. The highest BCUT2D eigenvalue weighted by Gasteiger charge is 2.25. The van der Waals surface area contributed by atoms with E-state index in [-0.39, 0.29) is 0 Å². The lowest BCUT2D eigenvalue weighted by Gasteiger charge is -2.34. The predicted molar refractivity (Wildman–Crippen MR) is 59.9 cm³/mol. The smallest absolute Gasteiger partial charge is 0.0317 e. The van der Waals surface area contributed by atoms with Crippen LogP contribution in [0.2, 0.25) is 0 Å². The minimum atomic E-state index is 0.719. The average molecular weight is 190 g/mol. The lowest BCUT2D eigenvalue weighted by Crippen LogP contribution is -2.41. The summed E-state index contributed by atoms with van der Waals surface area (Å²) in [6.07, 6.45) is 2.69. The van der Waals surface area contributed by atoms with Crippen molar-refractivity contribution in [1.82, 2.24) is 5.32 Å². The molecule has 2 rings (SSSR count). The van der Waals surface area contributed by atoms with Crippen LogP contribution in [0.25, 0.3) is 0 Å². The standard InChI is InChI=1S/C12H18N2/c1-9-5-6-12(9)14-8-10-3-2-4-11(13)7-10/h2-4,7,9,12,14H,5-6,8,13H2,1H3. The van der Waals surface area contributed by atoms with Crippen LogP contribution in [-0.2, 0) is 6.54 Å². The van der Waals surface area contributed by atoms with Crippen molar-refractivity contribution in [3.05, 3.63) is 29.8 Å². The van der Waals surface area contributed by atoms with Crippen molar-refractivity contribution in [3.8, 4) is 0 Å². The van der Waals surface area contributed by atoms with Crippen molar-refractivity contribution >= 4 is 5.69 Å². The van der Waals surface area contributed by atoms with E-state index >= 15 is 0 Å². The van der Waals surface area contributed by atoms with Gasteiger partial charge in [-0.05, 0) is 36.5 Å². The van der Waals surface area contributed by atoms with Gasteiger partial charge in [-0.2, -0.15) is 0 Å².